The van der Waals surface area contributed by atoms with Crippen molar-refractivity contribution in [1.29, 1.82) is 0 Å². The van der Waals surface area contributed by atoms with Gasteiger partial charge in [-0.15, -0.1) is 0 Å². The van der Waals surface area contributed by atoms with Crippen LogP contribution in [0.25, 0.3) is 0 Å². The summed E-state index contributed by atoms with van der Waals surface area (Å²) in [5.41, 5.74) is 3.76. The molecule has 0 aliphatic carbocycles. The van der Waals surface area contributed by atoms with E-state index < -0.39 is 43.8 Å². The Morgan fingerprint density at radius 1 is 1.48 bits per heavy atom. The van der Waals surface area contributed by atoms with Crippen molar-refractivity contribution in [2.45, 2.75) is 18.5 Å². The Balaban J connectivity index is 2.12. The normalized spacial score (nSPS) is 25.7. The second-order valence-electron chi connectivity index (χ2n) is 5.58. The third kappa shape index (κ3) is 3.77. The molecule has 0 bridgehead atoms. The van der Waals surface area contributed by atoms with Gasteiger partial charge in [-0.2, -0.15) is 0 Å². The lowest BCUT2D eigenvalue weighted by atomic mass is 9.98. The number of benzene rings is 1. The highest BCUT2D eigenvalue weighted by Gasteiger charge is 2.55. The number of nitrogens with one attached hydrogen (secondary N) is 2. The van der Waals surface area contributed by atoms with Gasteiger partial charge in [0.1, 0.15) is 17.0 Å². The molecule has 9 nitrogen and oxygen atoms in total. The fourth-order valence-electron chi connectivity index (χ4n) is 2.49. The molecule has 23 heavy (non-hydrogen) atoms. The summed E-state index contributed by atoms with van der Waals surface area (Å²) in [6.07, 6.45) is 0. The van der Waals surface area contributed by atoms with Crippen LogP contribution in [0.15, 0.2) is 24.3 Å². The van der Waals surface area contributed by atoms with Gasteiger partial charge in [-0.05, 0) is 25.1 Å². The molecule has 10 heteroatoms. The fraction of sp³-hybridized carbons (Fsp3) is 0.462. The first kappa shape index (κ1) is 17.2. The smallest absolute Gasteiger partial charge is 0.265 e. The van der Waals surface area contributed by atoms with Gasteiger partial charge in [-0.1, -0.05) is 6.07 Å². The zero-order chi connectivity index (χ0) is 17.3. The van der Waals surface area contributed by atoms with Crippen LogP contribution >= 0.6 is 0 Å². The highest BCUT2D eigenvalue weighted by molar-refractivity contribution is 7.91. The summed E-state index contributed by atoms with van der Waals surface area (Å²) in [5, 5.41) is 11.1. The molecular formula is C13H17N3O6S. The van der Waals surface area contributed by atoms with Crippen molar-refractivity contribution in [3.05, 3.63) is 39.9 Å². The van der Waals surface area contributed by atoms with Gasteiger partial charge >= 0.3 is 0 Å². The number of hydrogen-bond donors (Lipinski definition) is 2. The molecule has 2 unspecified atom stereocenters. The topological polar surface area (TPSA) is 128 Å². The molecular weight excluding hydrogens is 326 g/mol. The molecule has 0 spiro atoms. The van der Waals surface area contributed by atoms with Gasteiger partial charge in [0.05, 0.1) is 12.9 Å². The minimum Gasteiger partial charge on any atom is -0.497 e. The van der Waals surface area contributed by atoms with E-state index >= 15 is 0 Å². The van der Waals surface area contributed by atoms with Crippen molar-refractivity contribution in [3.8, 4) is 5.75 Å². The molecule has 126 valence electrons. The van der Waals surface area contributed by atoms with Gasteiger partial charge in [0.2, 0.25) is 6.04 Å². The molecule has 1 aliphatic rings. The van der Waals surface area contributed by atoms with Gasteiger partial charge in [0.15, 0.2) is 9.84 Å². The zero-order valence-corrected chi connectivity index (χ0v) is 13.4. The Bertz CT molecular complexity index is 735. The first-order valence-electron chi connectivity index (χ1n) is 6.72. The summed E-state index contributed by atoms with van der Waals surface area (Å²) in [6.45, 7) is 1.40. The molecule has 1 fully saturated rings. The first-order valence-corrected chi connectivity index (χ1v) is 8.54. The summed E-state index contributed by atoms with van der Waals surface area (Å²) in [4.78, 5) is 22.5. The summed E-state index contributed by atoms with van der Waals surface area (Å²) in [7, 11) is -2.09. The number of sulfone groups is 1. The summed E-state index contributed by atoms with van der Waals surface area (Å²) >= 11 is 0. The highest BCUT2D eigenvalue weighted by Crippen LogP contribution is 2.25. The molecule has 1 aliphatic heterocycles. The quantitative estimate of drug-likeness (QED) is 0.558. The number of nitrogens with zero attached hydrogens (tertiary/aromatic N) is 1. The first-order chi connectivity index (χ1) is 10.7. The van der Waals surface area contributed by atoms with E-state index in [4.69, 9.17) is 4.74 Å². The van der Waals surface area contributed by atoms with Crippen LogP contribution in [-0.2, 0) is 9.84 Å². The lowest BCUT2D eigenvalue weighted by molar-refractivity contribution is -0.526. The predicted octanol–water partition coefficient (Wildman–Crippen LogP) is -0.238. The van der Waals surface area contributed by atoms with Crippen LogP contribution in [0.3, 0.4) is 0 Å². The number of hydrogen-bond acceptors (Lipinski definition) is 7. The van der Waals surface area contributed by atoms with Crippen LogP contribution in [0.4, 0.5) is 0 Å². The molecule has 1 saturated heterocycles. The van der Waals surface area contributed by atoms with Crippen LogP contribution in [0.5, 0.6) is 5.75 Å². The maximum absolute atomic E-state index is 12.1. The number of rotatable bonds is 5. The fourth-order valence-corrected chi connectivity index (χ4v) is 4.75. The van der Waals surface area contributed by atoms with Crippen LogP contribution < -0.4 is 15.6 Å². The largest absolute Gasteiger partial charge is 0.497 e. The number of hydrazine groups is 1. The molecule has 0 aromatic heterocycles. The molecule has 2 rings (SSSR count). The van der Waals surface area contributed by atoms with E-state index in [0.717, 1.165) is 0 Å². The molecule has 1 heterocycles. The van der Waals surface area contributed by atoms with Crippen molar-refractivity contribution in [2.75, 3.05) is 18.6 Å². The minimum absolute atomic E-state index is 0.277. The maximum atomic E-state index is 12.1. The Morgan fingerprint density at radius 2 is 2.17 bits per heavy atom. The van der Waals surface area contributed by atoms with Crippen molar-refractivity contribution in [1.82, 2.24) is 10.9 Å². The van der Waals surface area contributed by atoms with Gasteiger partial charge in [0.25, 0.3) is 5.91 Å². The summed E-state index contributed by atoms with van der Waals surface area (Å²) in [5.74, 6) is -1.05. The number of carbonyl (C=O) groups is 1. The minimum atomic E-state index is -3.55. The van der Waals surface area contributed by atoms with Crippen LogP contribution in [0.2, 0.25) is 0 Å². The predicted molar refractivity (Wildman–Crippen MR) is 81.4 cm³/mol. The molecule has 1 aromatic carbocycles. The Labute approximate surface area is 133 Å². The molecule has 1 aromatic rings. The average molecular weight is 343 g/mol. The molecule has 0 radical (unpaired) electrons. The summed E-state index contributed by atoms with van der Waals surface area (Å²) < 4.78 is 28.4. The third-order valence-electron chi connectivity index (χ3n) is 3.72. The van der Waals surface area contributed by atoms with Crippen molar-refractivity contribution in [3.63, 3.8) is 0 Å². The van der Waals surface area contributed by atoms with Crippen molar-refractivity contribution < 1.29 is 22.9 Å². The zero-order valence-electron chi connectivity index (χ0n) is 12.6. The van der Waals surface area contributed by atoms with Gasteiger partial charge in [-0.3, -0.25) is 20.3 Å². The maximum Gasteiger partial charge on any atom is 0.265 e. The monoisotopic (exact) mass is 343 g/mol. The van der Waals surface area contributed by atoms with E-state index in [1.165, 1.54) is 26.2 Å². The Morgan fingerprint density at radius 3 is 2.78 bits per heavy atom. The summed E-state index contributed by atoms with van der Waals surface area (Å²) in [6, 6.07) is 4.99. The lowest BCUT2D eigenvalue weighted by Gasteiger charge is -2.25. The van der Waals surface area contributed by atoms with E-state index in [1.54, 1.807) is 12.1 Å². The van der Waals surface area contributed by atoms with E-state index in [0.29, 0.717) is 5.75 Å². The van der Waals surface area contributed by atoms with Crippen molar-refractivity contribution >= 4 is 15.7 Å². The van der Waals surface area contributed by atoms with Crippen LogP contribution in [0.1, 0.15) is 17.3 Å². The SMILES string of the molecule is COc1cccc(C(=O)NNC2(C)CS(=O)(=O)CC2[N+](=O)[O-])c1. The molecule has 0 saturated carbocycles. The molecule has 1 amide bonds. The second kappa shape index (κ2) is 6.13. The standard InChI is InChI=1S/C13H17N3O6S/c1-13(8-23(20,21)7-11(13)16(18)19)15-14-12(17)9-4-3-5-10(6-9)22-2/h3-6,11,15H,7-8H2,1-2H3,(H,14,17). The Hall–Kier alpha value is -2.20. The van der Waals surface area contributed by atoms with E-state index in [1.807, 2.05) is 0 Å². The van der Waals surface area contributed by atoms with E-state index in [9.17, 15) is 23.3 Å². The van der Waals surface area contributed by atoms with Crippen molar-refractivity contribution in [2.24, 2.45) is 0 Å². The van der Waals surface area contributed by atoms with Crippen LogP contribution in [-0.4, -0.2) is 49.4 Å². The number of amides is 1. The third-order valence-corrected chi connectivity index (χ3v) is 5.58. The number of carbonyl (C=O) groups excluding carboxylic acids is 1. The average Bonchev–Trinajstić information content (AvgIpc) is 2.75. The molecule has 2 atom stereocenters. The van der Waals surface area contributed by atoms with E-state index in [2.05, 4.69) is 10.9 Å². The van der Waals surface area contributed by atoms with Gasteiger partial charge < -0.3 is 4.74 Å². The van der Waals surface area contributed by atoms with Gasteiger partial charge in [-0.25, -0.2) is 13.8 Å². The van der Waals surface area contributed by atoms with Gasteiger partial charge in [0, 0.05) is 10.5 Å². The number of methoxy groups -OCH3 is 1. The van der Waals surface area contributed by atoms with Crippen LogP contribution in [0, 0.1) is 10.1 Å². The molecule has 2 N–H and O–H groups in total. The highest BCUT2D eigenvalue weighted by atomic mass is 32.2. The Kier molecular flexibility index (Phi) is 4.57. The number of ether oxygens (including phenoxy) is 1. The lowest BCUT2D eigenvalue weighted by Crippen LogP contribution is -2.60. The van der Waals surface area contributed by atoms with E-state index in [-0.39, 0.29) is 5.56 Å². The second-order valence-corrected chi connectivity index (χ2v) is 7.69. The number of nitro groups is 1.